The summed E-state index contributed by atoms with van der Waals surface area (Å²) in [6.45, 7) is 0. The topological polar surface area (TPSA) is 80.3 Å². The average molecular weight is 343 g/mol. The van der Waals surface area contributed by atoms with Gasteiger partial charge < -0.3 is 5.32 Å². The molecular formula is C18H17NO4S. The molecule has 1 atom stereocenters. The van der Waals surface area contributed by atoms with Crippen LogP contribution in [0.4, 0.5) is 0 Å². The highest BCUT2D eigenvalue weighted by atomic mass is 32.2. The minimum atomic E-state index is -3.03. The molecule has 0 aliphatic carbocycles. The van der Waals surface area contributed by atoms with Gasteiger partial charge in [-0.25, -0.2) is 8.42 Å². The average Bonchev–Trinajstić information content (AvgIpc) is 2.93. The first-order chi connectivity index (χ1) is 11.4. The standard InChI is InChI=1S/C18H17NO4S/c20-17(13-4-2-1-3-5-13)14-6-8-15(9-7-14)18(21)19-16-10-11-24(22,23)12-16/h1-9,16H,10-12H2,(H,19,21). The van der Waals surface area contributed by atoms with Crippen molar-refractivity contribution in [2.75, 3.05) is 11.5 Å². The van der Waals surface area contributed by atoms with E-state index in [0.717, 1.165) is 0 Å². The van der Waals surface area contributed by atoms with Crippen LogP contribution in [-0.2, 0) is 9.84 Å². The normalized spacial score (nSPS) is 18.9. The second-order valence-corrected chi connectivity index (χ2v) is 8.07. The summed E-state index contributed by atoms with van der Waals surface area (Å²) in [5.41, 5.74) is 1.50. The third-order valence-electron chi connectivity index (χ3n) is 4.01. The van der Waals surface area contributed by atoms with Crippen molar-refractivity contribution in [2.45, 2.75) is 12.5 Å². The van der Waals surface area contributed by atoms with Gasteiger partial charge in [0.2, 0.25) is 0 Å². The number of amides is 1. The van der Waals surface area contributed by atoms with Crippen LogP contribution >= 0.6 is 0 Å². The molecule has 1 N–H and O–H groups in total. The second-order valence-electron chi connectivity index (χ2n) is 5.85. The minimum absolute atomic E-state index is 0.0106. The van der Waals surface area contributed by atoms with E-state index in [9.17, 15) is 18.0 Å². The smallest absolute Gasteiger partial charge is 0.251 e. The summed E-state index contributed by atoms with van der Waals surface area (Å²) in [5.74, 6) is -0.327. The maximum Gasteiger partial charge on any atom is 0.251 e. The molecule has 1 unspecified atom stereocenters. The van der Waals surface area contributed by atoms with Crippen LogP contribution in [-0.4, -0.2) is 37.7 Å². The lowest BCUT2D eigenvalue weighted by molar-refractivity contribution is 0.0939. The Morgan fingerprint density at radius 1 is 0.875 bits per heavy atom. The van der Waals surface area contributed by atoms with Gasteiger partial charge in [0.15, 0.2) is 15.6 Å². The molecule has 3 rings (SSSR count). The molecule has 5 nitrogen and oxygen atoms in total. The summed E-state index contributed by atoms with van der Waals surface area (Å²) in [4.78, 5) is 24.5. The summed E-state index contributed by atoms with van der Waals surface area (Å²) in [5, 5.41) is 2.73. The number of nitrogens with one attached hydrogen (secondary N) is 1. The SMILES string of the molecule is O=C(NC1CCS(=O)(=O)C1)c1ccc(C(=O)c2ccccc2)cc1. The van der Waals surface area contributed by atoms with E-state index in [1.54, 1.807) is 48.5 Å². The Morgan fingerprint density at radius 2 is 1.46 bits per heavy atom. The van der Waals surface area contributed by atoms with Crippen LogP contribution in [0.5, 0.6) is 0 Å². The number of ketones is 1. The van der Waals surface area contributed by atoms with E-state index in [4.69, 9.17) is 0 Å². The van der Waals surface area contributed by atoms with Gasteiger partial charge in [-0.15, -0.1) is 0 Å². The van der Waals surface area contributed by atoms with Gasteiger partial charge in [-0.2, -0.15) is 0 Å². The van der Waals surface area contributed by atoms with E-state index in [1.165, 1.54) is 0 Å². The van der Waals surface area contributed by atoms with Crippen molar-refractivity contribution in [3.8, 4) is 0 Å². The lowest BCUT2D eigenvalue weighted by atomic mass is 10.0. The molecule has 1 saturated heterocycles. The van der Waals surface area contributed by atoms with Gasteiger partial charge in [-0.3, -0.25) is 9.59 Å². The molecule has 0 saturated carbocycles. The molecule has 0 radical (unpaired) electrons. The van der Waals surface area contributed by atoms with Crippen LogP contribution < -0.4 is 5.32 Å². The predicted octanol–water partition coefficient (Wildman–Crippen LogP) is 1.83. The molecule has 0 spiro atoms. The number of benzene rings is 2. The van der Waals surface area contributed by atoms with E-state index in [-0.39, 0.29) is 29.2 Å². The Balaban J connectivity index is 1.68. The fraction of sp³-hybridized carbons (Fsp3) is 0.222. The van der Waals surface area contributed by atoms with Crippen molar-refractivity contribution in [3.63, 3.8) is 0 Å². The lowest BCUT2D eigenvalue weighted by Gasteiger charge is -2.11. The van der Waals surface area contributed by atoms with Gasteiger partial charge in [0.05, 0.1) is 11.5 Å². The van der Waals surface area contributed by atoms with Gasteiger partial charge in [0.25, 0.3) is 5.91 Å². The fourth-order valence-corrected chi connectivity index (χ4v) is 4.38. The molecule has 0 bridgehead atoms. The number of sulfone groups is 1. The lowest BCUT2D eigenvalue weighted by Crippen LogP contribution is -2.35. The van der Waals surface area contributed by atoms with Gasteiger partial charge >= 0.3 is 0 Å². The highest BCUT2D eigenvalue weighted by molar-refractivity contribution is 7.91. The van der Waals surface area contributed by atoms with E-state index >= 15 is 0 Å². The first kappa shape index (κ1) is 16.4. The molecule has 24 heavy (non-hydrogen) atoms. The van der Waals surface area contributed by atoms with Crippen LogP contribution in [0.3, 0.4) is 0 Å². The van der Waals surface area contributed by atoms with Crippen LogP contribution in [0.25, 0.3) is 0 Å². The van der Waals surface area contributed by atoms with E-state index in [1.807, 2.05) is 6.07 Å². The van der Waals surface area contributed by atoms with Crippen LogP contribution in [0.15, 0.2) is 54.6 Å². The molecule has 124 valence electrons. The Labute approximate surface area is 140 Å². The van der Waals surface area contributed by atoms with Crippen LogP contribution in [0, 0.1) is 0 Å². The zero-order chi connectivity index (χ0) is 17.2. The maximum absolute atomic E-state index is 12.3. The molecule has 6 heteroatoms. The minimum Gasteiger partial charge on any atom is -0.348 e. The third kappa shape index (κ3) is 3.71. The Bertz CT molecular complexity index is 858. The van der Waals surface area contributed by atoms with Crippen molar-refractivity contribution in [2.24, 2.45) is 0 Å². The van der Waals surface area contributed by atoms with Gasteiger partial charge in [0, 0.05) is 22.7 Å². The van der Waals surface area contributed by atoms with Gasteiger partial charge in [0.1, 0.15) is 0 Å². The number of hydrogen-bond acceptors (Lipinski definition) is 4. The highest BCUT2D eigenvalue weighted by Crippen LogP contribution is 2.14. The van der Waals surface area contributed by atoms with Crippen molar-refractivity contribution in [1.29, 1.82) is 0 Å². The van der Waals surface area contributed by atoms with E-state index < -0.39 is 9.84 Å². The summed E-state index contributed by atoms with van der Waals surface area (Å²) in [6.07, 6.45) is 0.443. The molecule has 1 heterocycles. The summed E-state index contributed by atoms with van der Waals surface area (Å²) >= 11 is 0. The summed E-state index contributed by atoms with van der Waals surface area (Å²) in [7, 11) is -3.03. The third-order valence-corrected chi connectivity index (χ3v) is 5.78. The van der Waals surface area contributed by atoms with Crippen molar-refractivity contribution >= 4 is 21.5 Å². The summed E-state index contributed by atoms with van der Waals surface area (Å²) in [6, 6.07) is 14.9. The molecule has 0 aromatic heterocycles. The van der Waals surface area contributed by atoms with Crippen LogP contribution in [0.2, 0.25) is 0 Å². The first-order valence-electron chi connectivity index (χ1n) is 7.66. The number of carbonyl (C=O) groups excluding carboxylic acids is 2. The Kier molecular flexibility index (Phi) is 4.49. The Hall–Kier alpha value is -2.47. The molecular weight excluding hydrogens is 326 g/mol. The van der Waals surface area contributed by atoms with Crippen molar-refractivity contribution in [3.05, 3.63) is 71.3 Å². The maximum atomic E-state index is 12.3. The molecule has 1 aliphatic heterocycles. The predicted molar refractivity (Wildman–Crippen MR) is 90.8 cm³/mol. The van der Waals surface area contributed by atoms with E-state index in [2.05, 4.69) is 5.32 Å². The molecule has 2 aromatic rings. The zero-order valence-electron chi connectivity index (χ0n) is 12.9. The molecule has 2 aromatic carbocycles. The Morgan fingerprint density at radius 3 is 2.04 bits per heavy atom. The second kappa shape index (κ2) is 6.57. The monoisotopic (exact) mass is 343 g/mol. The quantitative estimate of drug-likeness (QED) is 0.859. The number of rotatable bonds is 4. The fourth-order valence-electron chi connectivity index (χ4n) is 2.71. The van der Waals surface area contributed by atoms with Crippen molar-refractivity contribution < 1.29 is 18.0 Å². The van der Waals surface area contributed by atoms with Gasteiger partial charge in [-0.1, -0.05) is 42.5 Å². The number of hydrogen-bond donors (Lipinski definition) is 1. The highest BCUT2D eigenvalue weighted by Gasteiger charge is 2.29. The summed E-state index contributed by atoms with van der Waals surface area (Å²) < 4.78 is 22.8. The number of carbonyl (C=O) groups is 2. The molecule has 1 amide bonds. The largest absolute Gasteiger partial charge is 0.348 e. The molecule has 1 fully saturated rings. The first-order valence-corrected chi connectivity index (χ1v) is 9.48. The van der Waals surface area contributed by atoms with Gasteiger partial charge in [-0.05, 0) is 18.6 Å². The zero-order valence-corrected chi connectivity index (χ0v) is 13.8. The van der Waals surface area contributed by atoms with Crippen LogP contribution in [0.1, 0.15) is 32.7 Å². The van der Waals surface area contributed by atoms with E-state index in [0.29, 0.717) is 23.1 Å². The molecule has 1 aliphatic rings. The van der Waals surface area contributed by atoms with Crippen molar-refractivity contribution in [1.82, 2.24) is 5.32 Å².